The van der Waals surface area contributed by atoms with E-state index in [2.05, 4.69) is 6.92 Å². The third-order valence-electron chi connectivity index (χ3n) is 4.50. The van der Waals surface area contributed by atoms with Gasteiger partial charge < -0.3 is 24.0 Å². The maximum Gasteiger partial charge on any atom is 0.410 e. The number of ether oxygens (including phenoxy) is 3. The van der Waals surface area contributed by atoms with Gasteiger partial charge in [-0.25, -0.2) is 4.79 Å². The summed E-state index contributed by atoms with van der Waals surface area (Å²) in [5.41, 5.74) is 0. The van der Waals surface area contributed by atoms with Crippen LogP contribution in [0, 0.1) is 0 Å². The summed E-state index contributed by atoms with van der Waals surface area (Å²) in [6, 6.07) is 0. The summed E-state index contributed by atoms with van der Waals surface area (Å²) in [4.78, 5) is 38.1. The molecule has 0 atom stereocenters. The summed E-state index contributed by atoms with van der Waals surface area (Å²) >= 11 is 0. The van der Waals surface area contributed by atoms with Crippen LogP contribution in [0.4, 0.5) is 4.79 Å². The van der Waals surface area contributed by atoms with Gasteiger partial charge in [0.05, 0.1) is 13.2 Å². The van der Waals surface area contributed by atoms with Gasteiger partial charge in [-0.3, -0.25) is 9.59 Å². The number of hydrogen-bond donors (Lipinski definition) is 0. The molecule has 0 saturated heterocycles. The molecule has 0 unspecified atom stereocenters. The molecule has 0 aliphatic rings. The van der Waals surface area contributed by atoms with Gasteiger partial charge in [-0.2, -0.15) is 0 Å². The number of hydrogen-bond acceptors (Lipinski definition) is 6. The van der Waals surface area contributed by atoms with Gasteiger partial charge >= 0.3 is 12.1 Å². The Morgan fingerprint density at radius 1 is 0.690 bits per heavy atom. The summed E-state index contributed by atoms with van der Waals surface area (Å²) in [5.74, 6) is -0.804. The molecule has 0 aromatic heterocycles. The maximum atomic E-state index is 12.1. The van der Waals surface area contributed by atoms with Gasteiger partial charge in [0.15, 0.2) is 0 Å². The zero-order chi connectivity index (χ0) is 21.9. The molecular weight excluding hydrogens is 376 g/mol. The van der Waals surface area contributed by atoms with Crippen molar-refractivity contribution in [2.75, 3.05) is 54.1 Å². The lowest BCUT2D eigenvalue weighted by atomic mass is 10.1. The van der Waals surface area contributed by atoms with E-state index in [1.54, 1.807) is 0 Å². The van der Waals surface area contributed by atoms with E-state index in [1.165, 1.54) is 64.6 Å². The minimum absolute atomic E-state index is 0.120. The van der Waals surface area contributed by atoms with E-state index < -0.39 is 12.1 Å². The number of nitrogens with zero attached hydrogens (tertiary/aromatic N) is 2. The number of rotatable bonds is 17. The Bertz CT molecular complexity index is 458. The Hall–Kier alpha value is -1.83. The predicted octanol–water partition coefficient (Wildman–Crippen LogP) is 3.23. The highest BCUT2D eigenvalue weighted by Crippen LogP contribution is 2.09. The molecule has 0 aromatic carbocycles. The molecule has 0 N–H and O–H groups in total. The number of amides is 2. The lowest BCUT2D eigenvalue weighted by Gasteiger charge is -2.21. The summed E-state index contributed by atoms with van der Waals surface area (Å²) in [7, 11) is 4.47. The molecule has 8 heteroatoms. The van der Waals surface area contributed by atoms with E-state index in [1.807, 2.05) is 0 Å². The van der Waals surface area contributed by atoms with Crippen molar-refractivity contribution in [3.05, 3.63) is 0 Å². The van der Waals surface area contributed by atoms with E-state index in [0.29, 0.717) is 6.61 Å². The van der Waals surface area contributed by atoms with Crippen LogP contribution in [0.25, 0.3) is 0 Å². The lowest BCUT2D eigenvalue weighted by molar-refractivity contribution is -0.148. The van der Waals surface area contributed by atoms with E-state index in [4.69, 9.17) is 14.2 Å². The fourth-order valence-electron chi connectivity index (χ4n) is 2.64. The normalized spacial score (nSPS) is 10.5. The van der Waals surface area contributed by atoms with Gasteiger partial charge in [-0.15, -0.1) is 0 Å². The molecule has 0 rings (SSSR count). The van der Waals surface area contributed by atoms with Crippen LogP contribution < -0.4 is 0 Å². The average Bonchev–Trinajstić information content (AvgIpc) is 2.69. The standard InChI is InChI=1S/C21H40N2O6/c1-5-6-7-8-9-10-11-12-13-14-28-20(25)18-22(2)19(24)17-23(3)21(26)29-16-15-27-4/h5-18H2,1-4H3. The SMILES string of the molecule is CCCCCCCCCCCOC(=O)CN(C)C(=O)CN(C)C(=O)OCCOC. The zero-order valence-electron chi connectivity index (χ0n) is 18.7. The predicted molar refractivity (Wildman–Crippen MR) is 112 cm³/mol. The second kappa shape index (κ2) is 18.2. The van der Waals surface area contributed by atoms with Crippen molar-refractivity contribution in [2.24, 2.45) is 0 Å². The van der Waals surface area contributed by atoms with Crippen molar-refractivity contribution in [1.82, 2.24) is 9.80 Å². The van der Waals surface area contributed by atoms with Gasteiger partial charge in [-0.1, -0.05) is 58.3 Å². The topological polar surface area (TPSA) is 85.4 Å². The molecule has 0 radical (unpaired) electrons. The smallest absolute Gasteiger partial charge is 0.410 e. The minimum Gasteiger partial charge on any atom is -0.464 e. The molecule has 0 aromatic rings. The van der Waals surface area contributed by atoms with Gasteiger partial charge in [0.2, 0.25) is 5.91 Å². The van der Waals surface area contributed by atoms with Crippen LogP contribution in [0.1, 0.15) is 64.7 Å². The Labute approximate surface area is 175 Å². The molecule has 2 amide bonds. The van der Waals surface area contributed by atoms with Gasteiger partial charge in [0.1, 0.15) is 19.7 Å². The van der Waals surface area contributed by atoms with Crippen molar-refractivity contribution in [3.8, 4) is 0 Å². The number of methoxy groups -OCH3 is 1. The van der Waals surface area contributed by atoms with Crippen LogP contribution in [0.3, 0.4) is 0 Å². The Kier molecular flexibility index (Phi) is 17.1. The molecule has 0 saturated carbocycles. The molecule has 0 spiro atoms. The first-order chi connectivity index (χ1) is 13.9. The molecule has 29 heavy (non-hydrogen) atoms. The quantitative estimate of drug-likeness (QED) is 0.267. The summed E-state index contributed by atoms with van der Waals surface area (Å²) < 4.78 is 14.9. The monoisotopic (exact) mass is 416 g/mol. The summed E-state index contributed by atoms with van der Waals surface area (Å²) in [5, 5.41) is 0. The third-order valence-corrected chi connectivity index (χ3v) is 4.50. The van der Waals surface area contributed by atoms with Crippen LogP contribution in [0.15, 0.2) is 0 Å². The van der Waals surface area contributed by atoms with Gasteiger partial charge in [0, 0.05) is 21.2 Å². The fourth-order valence-corrected chi connectivity index (χ4v) is 2.64. The van der Waals surface area contributed by atoms with Crippen molar-refractivity contribution >= 4 is 18.0 Å². The van der Waals surface area contributed by atoms with Crippen molar-refractivity contribution in [2.45, 2.75) is 64.7 Å². The van der Waals surface area contributed by atoms with Crippen molar-refractivity contribution in [3.63, 3.8) is 0 Å². The number of carbonyl (C=O) groups excluding carboxylic acids is 3. The molecule has 0 aliphatic heterocycles. The van der Waals surface area contributed by atoms with E-state index in [9.17, 15) is 14.4 Å². The summed E-state index contributed by atoms with van der Waals surface area (Å²) in [6.45, 7) is 2.70. The highest BCUT2D eigenvalue weighted by molar-refractivity contribution is 5.85. The van der Waals surface area contributed by atoms with E-state index >= 15 is 0 Å². The minimum atomic E-state index is -0.614. The van der Waals surface area contributed by atoms with Crippen LogP contribution in [-0.4, -0.2) is 81.9 Å². The van der Waals surface area contributed by atoms with E-state index in [0.717, 1.165) is 24.2 Å². The second-order valence-corrected chi connectivity index (χ2v) is 7.26. The van der Waals surface area contributed by atoms with Crippen molar-refractivity contribution < 1.29 is 28.6 Å². The van der Waals surface area contributed by atoms with Crippen LogP contribution in [0.5, 0.6) is 0 Å². The first kappa shape index (κ1) is 27.2. The van der Waals surface area contributed by atoms with Crippen LogP contribution in [-0.2, 0) is 23.8 Å². The van der Waals surface area contributed by atoms with Crippen molar-refractivity contribution in [1.29, 1.82) is 0 Å². The lowest BCUT2D eigenvalue weighted by Crippen LogP contribution is -2.42. The molecule has 0 fully saturated rings. The largest absolute Gasteiger partial charge is 0.464 e. The molecule has 0 heterocycles. The highest BCUT2D eigenvalue weighted by atomic mass is 16.6. The molecule has 8 nitrogen and oxygen atoms in total. The molecule has 0 bridgehead atoms. The van der Waals surface area contributed by atoms with Crippen LogP contribution in [0.2, 0.25) is 0 Å². The summed E-state index contributed by atoms with van der Waals surface area (Å²) in [6.07, 6.45) is 10.2. The zero-order valence-corrected chi connectivity index (χ0v) is 18.7. The number of esters is 1. The Morgan fingerprint density at radius 3 is 1.86 bits per heavy atom. The average molecular weight is 417 g/mol. The third kappa shape index (κ3) is 15.7. The highest BCUT2D eigenvalue weighted by Gasteiger charge is 2.19. The molecular formula is C21H40N2O6. The number of carbonyl (C=O) groups is 3. The number of unbranched alkanes of at least 4 members (excludes halogenated alkanes) is 8. The van der Waals surface area contributed by atoms with Crippen LogP contribution >= 0.6 is 0 Å². The molecule has 0 aliphatic carbocycles. The van der Waals surface area contributed by atoms with Gasteiger partial charge in [0.25, 0.3) is 0 Å². The fraction of sp³-hybridized carbons (Fsp3) is 0.857. The second-order valence-electron chi connectivity index (χ2n) is 7.26. The first-order valence-electron chi connectivity index (χ1n) is 10.7. The molecule has 170 valence electrons. The van der Waals surface area contributed by atoms with Gasteiger partial charge in [-0.05, 0) is 6.42 Å². The number of likely N-dealkylation sites (N-methyl/N-ethyl adjacent to an activating group) is 2. The first-order valence-corrected chi connectivity index (χ1v) is 10.7. The van der Waals surface area contributed by atoms with E-state index in [-0.39, 0.29) is 32.2 Å². The maximum absolute atomic E-state index is 12.1. The Morgan fingerprint density at radius 2 is 1.28 bits per heavy atom. The Balaban J connectivity index is 3.79.